The summed E-state index contributed by atoms with van der Waals surface area (Å²) in [6, 6.07) is 0. The normalized spacial score (nSPS) is 12.6. The zero-order chi connectivity index (χ0) is 20.0. The van der Waals surface area contributed by atoms with Crippen molar-refractivity contribution >= 4 is 10.9 Å². The number of thiol groups is 1. The molecule has 27 heavy (non-hydrogen) atoms. The van der Waals surface area contributed by atoms with Gasteiger partial charge in [0.05, 0.1) is 45.3 Å². The van der Waals surface area contributed by atoms with Gasteiger partial charge in [0, 0.05) is 12.8 Å². The van der Waals surface area contributed by atoms with Crippen LogP contribution in [0.25, 0.3) is 0 Å². The van der Waals surface area contributed by atoms with E-state index in [0.29, 0.717) is 38.4 Å². The largest absolute Gasteiger partial charge is 0.379 e. The molecule has 0 spiro atoms. The minimum absolute atomic E-state index is 0.226. The van der Waals surface area contributed by atoms with Gasteiger partial charge in [0.2, 0.25) is 0 Å². The van der Waals surface area contributed by atoms with E-state index in [0.717, 1.165) is 31.7 Å². The monoisotopic (exact) mass is 403 g/mol. The Morgan fingerprint density at radius 1 is 0.926 bits per heavy atom. The van der Waals surface area contributed by atoms with Gasteiger partial charge >= 0.3 is 0 Å². The van der Waals surface area contributed by atoms with Gasteiger partial charge in [0.1, 0.15) is 0 Å². The Morgan fingerprint density at radius 3 is 2.19 bits per heavy atom. The van der Waals surface area contributed by atoms with Crippen molar-refractivity contribution in [2.24, 2.45) is 5.41 Å². The molecule has 0 aromatic carbocycles. The second-order valence-electron chi connectivity index (χ2n) is 8.38. The average Bonchev–Trinajstić information content (AvgIpc) is 3.03. The maximum absolute atomic E-state index is 5.59. The topological polar surface area (TPSA) is 58.4 Å². The lowest BCUT2D eigenvalue weighted by atomic mass is 9.93. The summed E-state index contributed by atoms with van der Waals surface area (Å²) in [5, 5.41) is 8.40. The van der Waals surface area contributed by atoms with Gasteiger partial charge in [-0.1, -0.05) is 26.0 Å². The van der Waals surface area contributed by atoms with Crippen LogP contribution in [-0.4, -0.2) is 72.9 Å². The SMILES string of the molecule is C[SH](C)CCCCc1cn(CCOCCOCCOCCC(C)(C)C)nn1. The summed E-state index contributed by atoms with van der Waals surface area (Å²) < 4.78 is 18.5. The van der Waals surface area contributed by atoms with Crippen molar-refractivity contribution in [2.75, 3.05) is 57.9 Å². The van der Waals surface area contributed by atoms with Crippen LogP contribution in [0.2, 0.25) is 0 Å². The molecule has 0 aliphatic heterocycles. The summed E-state index contributed by atoms with van der Waals surface area (Å²) >= 11 is 0. The smallest absolute Gasteiger partial charge is 0.0827 e. The summed E-state index contributed by atoms with van der Waals surface area (Å²) in [6.45, 7) is 11.3. The summed E-state index contributed by atoms with van der Waals surface area (Å²) in [6.07, 6.45) is 11.3. The highest BCUT2D eigenvalue weighted by atomic mass is 32.2. The van der Waals surface area contributed by atoms with Crippen LogP contribution in [0.1, 0.15) is 45.7 Å². The molecule has 0 saturated carbocycles. The second kappa shape index (κ2) is 14.4. The molecular weight excluding hydrogens is 362 g/mol. The molecule has 1 rings (SSSR count). The molecule has 0 saturated heterocycles. The van der Waals surface area contributed by atoms with Gasteiger partial charge in [-0.2, -0.15) is 0 Å². The van der Waals surface area contributed by atoms with E-state index in [2.05, 4.69) is 43.6 Å². The highest BCUT2D eigenvalue weighted by molar-refractivity contribution is 8.15. The van der Waals surface area contributed by atoms with Crippen molar-refractivity contribution in [1.82, 2.24) is 15.0 Å². The molecule has 0 unspecified atom stereocenters. The first-order valence-electron chi connectivity index (χ1n) is 10.1. The molecule has 7 heteroatoms. The van der Waals surface area contributed by atoms with Crippen LogP contribution in [-0.2, 0) is 27.2 Å². The van der Waals surface area contributed by atoms with Crippen LogP contribution in [0.3, 0.4) is 0 Å². The quantitative estimate of drug-likeness (QED) is 0.339. The van der Waals surface area contributed by atoms with Crippen molar-refractivity contribution in [2.45, 2.75) is 53.0 Å². The third kappa shape index (κ3) is 15.0. The summed E-state index contributed by atoms with van der Waals surface area (Å²) in [5.41, 5.74) is 1.41. The van der Waals surface area contributed by atoms with Crippen molar-refractivity contribution in [3.8, 4) is 0 Å². The summed E-state index contributed by atoms with van der Waals surface area (Å²) in [5.74, 6) is 1.35. The number of nitrogens with zero attached hydrogens (tertiary/aromatic N) is 3. The number of hydrogen-bond donors (Lipinski definition) is 1. The first-order chi connectivity index (χ1) is 12.9. The lowest BCUT2D eigenvalue weighted by Gasteiger charge is -2.17. The van der Waals surface area contributed by atoms with E-state index in [1.807, 2.05) is 10.9 Å². The number of hydrogen-bond acceptors (Lipinski definition) is 5. The Morgan fingerprint density at radius 2 is 1.56 bits per heavy atom. The van der Waals surface area contributed by atoms with Crippen LogP contribution in [0, 0.1) is 5.41 Å². The van der Waals surface area contributed by atoms with Crippen molar-refractivity contribution in [3.05, 3.63) is 11.9 Å². The van der Waals surface area contributed by atoms with Crippen LogP contribution >= 0.6 is 10.9 Å². The van der Waals surface area contributed by atoms with E-state index in [9.17, 15) is 0 Å². The van der Waals surface area contributed by atoms with Gasteiger partial charge in [-0.15, -0.1) is 5.10 Å². The third-order valence-corrected chi connectivity index (χ3v) is 5.29. The minimum Gasteiger partial charge on any atom is -0.379 e. The van der Waals surface area contributed by atoms with Crippen LogP contribution in [0.5, 0.6) is 0 Å². The Hall–Kier alpha value is -0.630. The molecule has 0 amide bonds. The fourth-order valence-corrected chi connectivity index (χ4v) is 3.23. The van der Waals surface area contributed by atoms with Gasteiger partial charge in [0.25, 0.3) is 0 Å². The van der Waals surface area contributed by atoms with E-state index < -0.39 is 0 Å². The number of ether oxygens (including phenoxy) is 3. The number of unbranched alkanes of at least 4 members (excludes halogenated alkanes) is 1. The van der Waals surface area contributed by atoms with E-state index >= 15 is 0 Å². The molecule has 0 bridgehead atoms. The van der Waals surface area contributed by atoms with E-state index in [1.165, 1.54) is 18.6 Å². The fraction of sp³-hybridized carbons (Fsp3) is 0.900. The molecule has 6 nitrogen and oxygen atoms in total. The predicted octanol–water partition coefficient (Wildman–Crippen LogP) is 3.35. The maximum Gasteiger partial charge on any atom is 0.0827 e. The zero-order valence-corrected chi connectivity index (χ0v) is 19.0. The minimum atomic E-state index is 0.226. The number of aromatic nitrogens is 3. The molecule has 1 aromatic heterocycles. The maximum atomic E-state index is 5.59. The molecule has 160 valence electrons. The number of rotatable bonds is 16. The molecule has 0 N–H and O–H groups in total. The Bertz CT molecular complexity index is 475. The molecule has 0 radical (unpaired) electrons. The Balaban J connectivity index is 1.91. The van der Waals surface area contributed by atoms with Crippen LogP contribution < -0.4 is 0 Å². The Kier molecular flexibility index (Phi) is 13.0. The average molecular weight is 404 g/mol. The molecule has 0 aliphatic rings. The van der Waals surface area contributed by atoms with Gasteiger partial charge in [0.15, 0.2) is 0 Å². The van der Waals surface area contributed by atoms with Crippen molar-refractivity contribution < 1.29 is 14.2 Å². The van der Waals surface area contributed by atoms with Gasteiger partial charge in [-0.25, -0.2) is 4.68 Å². The van der Waals surface area contributed by atoms with Crippen LogP contribution in [0.4, 0.5) is 0 Å². The van der Waals surface area contributed by atoms with E-state index in [-0.39, 0.29) is 10.9 Å². The summed E-state index contributed by atoms with van der Waals surface area (Å²) in [4.78, 5) is 0. The highest BCUT2D eigenvalue weighted by Gasteiger charge is 2.08. The first-order valence-corrected chi connectivity index (χ1v) is 12.6. The predicted molar refractivity (Wildman–Crippen MR) is 115 cm³/mol. The van der Waals surface area contributed by atoms with Crippen molar-refractivity contribution in [3.63, 3.8) is 0 Å². The fourth-order valence-electron chi connectivity index (χ4n) is 2.37. The molecule has 0 fully saturated rings. The first kappa shape index (κ1) is 24.4. The second-order valence-corrected chi connectivity index (χ2v) is 11.0. The Labute approximate surface area is 168 Å². The zero-order valence-electron chi connectivity index (χ0n) is 18.1. The molecular formula is C20H41N3O3S. The van der Waals surface area contributed by atoms with Crippen LogP contribution in [0.15, 0.2) is 6.20 Å². The van der Waals surface area contributed by atoms with E-state index in [4.69, 9.17) is 14.2 Å². The van der Waals surface area contributed by atoms with Crippen molar-refractivity contribution in [1.29, 1.82) is 0 Å². The van der Waals surface area contributed by atoms with Gasteiger partial charge in [-0.3, -0.25) is 10.9 Å². The molecule has 1 aromatic rings. The summed E-state index contributed by atoms with van der Waals surface area (Å²) in [7, 11) is 0.226. The molecule has 0 atom stereocenters. The molecule has 1 heterocycles. The lowest BCUT2D eigenvalue weighted by Crippen LogP contribution is -2.14. The molecule has 0 aliphatic carbocycles. The standard InChI is InChI=1S/C20H41N3O3S/c1-20(2,3)9-11-24-13-15-26-16-14-25-12-10-23-18-19(21-22-23)8-6-7-17-27(4)5/h18,27H,6-17H2,1-5H3. The van der Waals surface area contributed by atoms with E-state index in [1.54, 1.807) is 0 Å². The lowest BCUT2D eigenvalue weighted by molar-refractivity contribution is 0.00881. The highest BCUT2D eigenvalue weighted by Crippen LogP contribution is 2.17. The third-order valence-electron chi connectivity index (χ3n) is 4.08. The number of aryl methyl sites for hydroxylation is 1. The van der Waals surface area contributed by atoms with Gasteiger partial charge in [-0.05, 0) is 49.4 Å². The van der Waals surface area contributed by atoms with Gasteiger partial charge < -0.3 is 14.2 Å².